The minimum Gasteiger partial charge on any atom is -0.510 e. The van der Waals surface area contributed by atoms with Gasteiger partial charge in [-0.25, -0.2) is 0 Å². The first-order chi connectivity index (χ1) is 17.4. The zero-order valence-electron chi connectivity index (χ0n) is 20.2. The number of nitrogen functional groups attached to an aromatic ring is 1. The van der Waals surface area contributed by atoms with Gasteiger partial charge in [0, 0.05) is 17.2 Å². The molecule has 2 aromatic carbocycles. The molecule has 0 bridgehead atoms. The van der Waals surface area contributed by atoms with Crippen LogP contribution in [0.1, 0.15) is 22.3 Å². The monoisotopic (exact) mass is 505 g/mol. The van der Waals surface area contributed by atoms with Gasteiger partial charge in [-0.2, -0.15) is 0 Å². The number of aliphatic hydroxyl groups is 3. The Morgan fingerprint density at radius 1 is 1.05 bits per heavy atom. The Labute approximate surface area is 212 Å². The summed E-state index contributed by atoms with van der Waals surface area (Å²) in [5.41, 5.74) is 10.0. The molecular weight excluding hydrogens is 478 g/mol. The number of aliphatic hydroxyl groups excluding tert-OH is 2. The largest absolute Gasteiger partial charge is 0.510 e. The molecule has 0 saturated heterocycles. The Hall–Kier alpha value is -4.15. The zero-order chi connectivity index (χ0) is 27.0. The van der Waals surface area contributed by atoms with Crippen molar-refractivity contribution in [3.8, 4) is 16.9 Å². The molecule has 0 aliphatic heterocycles. The number of carbonyl (C=O) groups is 3. The average Bonchev–Trinajstić information content (AvgIpc) is 2.82. The van der Waals surface area contributed by atoms with Gasteiger partial charge in [0.05, 0.1) is 11.6 Å². The van der Waals surface area contributed by atoms with Gasteiger partial charge in [0.1, 0.15) is 22.8 Å². The van der Waals surface area contributed by atoms with Crippen LogP contribution in [0.2, 0.25) is 0 Å². The molecule has 2 aromatic rings. The molecule has 10 nitrogen and oxygen atoms in total. The summed E-state index contributed by atoms with van der Waals surface area (Å²) < 4.78 is 0. The first kappa shape index (κ1) is 24.5. The summed E-state index contributed by atoms with van der Waals surface area (Å²) in [7, 11) is 3.18. The van der Waals surface area contributed by atoms with E-state index in [9.17, 15) is 34.8 Å². The molecule has 3 aliphatic rings. The zero-order valence-corrected chi connectivity index (χ0v) is 20.2. The van der Waals surface area contributed by atoms with Crippen LogP contribution in [0.25, 0.3) is 11.1 Å². The van der Waals surface area contributed by atoms with Crippen LogP contribution in [-0.2, 0) is 16.0 Å². The number of hydrogen-bond donors (Lipinski definition) is 6. The first-order valence-electron chi connectivity index (χ1n) is 11.7. The minimum atomic E-state index is -2.66. The third-order valence-corrected chi connectivity index (χ3v) is 7.83. The van der Waals surface area contributed by atoms with Gasteiger partial charge in [-0.3, -0.25) is 19.3 Å². The number of hydrogen-bond acceptors (Lipinski definition) is 9. The number of carbonyl (C=O) groups excluding carboxylic acids is 3. The fourth-order valence-electron chi connectivity index (χ4n) is 6.18. The van der Waals surface area contributed by atoms with Crippen molar-refractivity contribution in [2.45, 2.75) is 24.5 Å². The van der Waals surface area contributed by atoms with E-state index in [1.807, 2.05) is 0 Å². The van der Waals surface area contributed by atoms with Gasteiger partial charge in [-0.1, -0.05) is 18.2 Å². The molecule has 0 spiro atoms. The van der Waals surface area contributed by atoms with E-state index in [1.165, 1.54) is 11.0 Å². The van der Waals surface area contributed by atoms with Gasteiger partial charge in [-0.15, -0.1) is 0 Å². The van der Waals surface area contributed by atoms with E-state index in [1.54, 1.807) is 44.4 Å². The van der Waals surface area contributed by atoms with Crippen molar-refractivity contribution < 1.29 is 34.8 Å². The number of primary amides is 1. The number of phenols is 1. The van der Waals surface area contributed by atoms with E-state index in [2.05, 4.69) is 0 Å². The lowest BCUT2D eigenvalue weighted by Gasteiger charge is -2.50. The van der Waals surface area contributed by atoms with Crippen molar-refractivity contribution in [3.05, 3.63) is 70.2 Å². The molecule has 0 fully saturated rings. The Balaban J connectivity index is 1.72. The normalized spacial score (nSPS) is 27.2. The van der Waals surface area contributed by atoms with Crippen molar-refractivity contribution in [1.82, 2.24) is 4.90 Å². The standard InChI is InChI=1S/C27H27N3O7/c1-30(2)21-16-10-12-9-15-14(11-3-5-13(28)6-4-11)7-8-17(31)19(15)22(32)18(12)24(34)27(16,37)25(35)20(23(21)33)26(29)36/h3-8,12,16,21,31,33-34,37H,9-10,28H2,1-2H3,(H2,29,36)/t12?,16?,21-,27-/m0/s1. The molecule has 10 heteroatoms. The van der Waals surface area contributed by atoms with E-state index in [-0.39, 0.29) is 29.7 Å². The number of nitrogens with zero attached hydrogens (tertiary/aromatic N) is 1. The summed E-state index contributed by atoms with van der Waals surface area (Å²) >= 11 is 0. The molecule has 3 aliphatic carbocycles. The van der Waals surface area contributed by atoms with Crippen LogP contribution in [0.4, 0.5) is 5.69 Å². The Kier molecular flexibility index (Phi) is 5.43. The molecule has 0 heterocycles. The third-order valence-electron chi connectivity index (χ3n) is 7.83. The summed E-state index contributed by atoms with van der Waals surface area (Å²) in [4.78, 5) is 40.7. The Bertz CT molecular complexity index is 1440. The Morgan fingerprint density at radius 3 is 2.30 bits per heavy atom. The average molecular weight is 506 g/mol. The number of anilines is 1. The van der Waals surface area contributed by atoms with Crippen molar-refractivity contribution >= 4 is 23.2 Å². The predicted molar refractivity (Wildman–Crippen MR) is 134 cm³/mol. The van der Waals surface area contributed by atoms with Gasteiger partial charge >= 0.3 is 0 Å². The number of ketones is 2. The molecule has 37 heavy (non-hydrogen) atoms. The van der Waals surface area contributed by atoms with Gasteiger partial charge in [0.15, 0.2) is 11.4 Å². The number of allylic oxidation sites excluding steroid dienone is 1. The highest BCUT2D eigenvalue weighted by molar-refractivity contribution is 6.24. The number of fused-ring (bicyclic) bond motifs is 3. The highest BCUT2D eigenvalue weighted by Crippen LogP contribution is 2.53. The molecule has 192 valence electrons. The lowest BCUT2D eigenvalue weighted by Crippen LogP contribution is -2.63. The van der Waals surface area contributed by atoms with E-state index in [0.29, 0.717) is 16.8 Å². The van der Waals surface area contributed by atoms with E-state index in [0.717, 1.165) is 5.56 Å². The number of Topliss-reactive ketones (excluding diaryl/α,β-unsaturated/α-hetero) is 2. The first-order valence-corrected chi connectivity index (χ1v) is 11.7. The second-order valence-electron chi connectivity index (χ2n) is 10.1. The number of benzene rings is 2. The fraction of sp³-hybridized carbons (Fsp3) is 0.296. The number of nitrogens with two attached hydrogens (primary N) is 2. The quantitative estimate of drug-likeness (QED) is 0.264. The molecule has 0 aromatic heterocycles. The van der Waals surface area contributed by atoms with Crippen LogP contribution < -0.4 is 11.5 Å². The topological polar surface area (TPSA) is 187 Å². The third kappa shape index (κ3) is 3.29. The van der Waals surface area contributed by atoms with Crippen molar-refractivity contribution in [1.29, 1.82) is 0 Å². The molecule has 0 radical (unpaired) electrons. The van der Waals surface area contributed by atoms with Crippen LogP contribution in [0.15, 0.2) is 59.1 Å². The van der Waals surface area contributed by atoms with Crippen molar-refractivity contribution in [3.63, 3.8) is 0 Å². The van der Waals surface area contributed by atoms with Crippen molar-refractivity contribution in [2.24, 2.45) is 17.6 Å². The predicted octanol–water partition coefficient (Wildman–Crippen LogP) is 1.37. The van der Waals surface area contributed by atoms with Crippen LogP contribution in [0.3, 0.4) is 0 Å². The van der Waals surface area contributed by atoms with Gasteiger partial charge in [0.2, 0.25) is 5.78 Å². The second-order valence-corrected chi connectivity index (χ2v) is 10.1. The summed E-state index contributed by atoms with van der Waals surface area (Å²) in [6.07, 6.45) is 0.241. The van der Waals surface area contributed by atoms with Gasteiger partial charge in [0.25, 0.3) is 5.91 Å². The number of amides is 1. The second kappa shape index (κ2) is 8.19. The SMILES string of the molecule is CN(C)[C@@H]1C(O)=C(C(N)=O)C(=O)[C@@]2(O)C(O)=C3C(=O)c4c(O)ccc(-c5ccc(N)cc5)c4CC3CC12. The number of rotatable bonds is 3. The van der Waals surface area contributed by atoms with Crippen LogP contribution in [0.5, 0.6) is 5.75 Å². The van der Waals surface area contributed by atoms with Crippen LogP contribution >= 0.6 is 0 Å². The maximum absolute atomic E-state index is 13.8. The minimum absolute atomic E-state index is 0.0304. The van der Waals surface area contributed by atoms with E-state index >= 15 is 0 Å². The molecule has 0 saturated carbocycles. The van der Waals surface area contributed by atoms with Crippen LogP contribution in [0, 0.1) is 11.8 Å². The highest BCUT2D eigenvalue weighted by Gasteiger charge is 2.63. The lowest BCUT2D eigenvalue weighted by molar-refractivity contribution is -0.148. The smallest absolute Gasteiger partial charge is 0.255 e. The lowest BCUT2D eigenvalue weighted by atomic mass is 9.58. The molecule has 2 unspecified atom stereocenters. The van der Waals surface area contributed by atoms with E-state index in [4.69, 9.17) is 11.5 Å². The molecule has 4 atom stereocenters. The van der Waals surface area contributed by atoms with Crippen LogP contribution in [-0.4, -0.2) is 68.5 Å². The van der Waals surface area contributed by atoms with Gasteiger partial charge in [-0.05, 0) is 67.7 Å². The van der Waals surface area contributed by atoms with Crippen molar-refractivity contribution in [2.75, 3.05) is 19.8 Å². The molecular formula is C27H27N3O7. The summed E-state index contributed by atoms with van der Waals surface area (Å²) in [5.74, 6) is -6.74. The van der Waals surface area contributed by atoms with Gasteiger partial charge < -0.3 is 31.9 Å². The van der Waals surface area contributed by atoms with E-state index < -0.39 is 58.0 Å². The summed E-state index contributed by atoms with van der Waals surface area (Å²) in [6, 6.07) is 9.07. The molecule has 1 amide bonds. The highest BCUT2D eigenvalue weighted by atomic mass is 16.3. The maximum Gasteiger partial charge on any atom is 0.255 e. The molecule has 5 rings (SSSR count). The molecule has 8 N–H and O–H groups in total. The maximum atomic E-state index is 13.8. The number of likely N-dealkylation sites (N-methyl/N-ethyl adjacent to an activating group) is 1. The summed E-state index contributed by atoms with van der Waals surface area (Å²) in [5, 5.41) is 44.5. The number of phenolic OH excluding ortho intramolecular Hbond substituents is 1. The summed E-state index contributed by atoms with van der Waals surface area (Å²) in [6.45, 7) is 0. The Morgan fingerprint density at radius 2 is 1.70 bits per heavy atom. The number of aromatic hydroxyl groups is 1. The fourth-order valence-corrected chi connectivity index (χ4v) is 6.18.